The highest BCUT2D eigenvalue weighted by Gasteiger charge is 2.19. The summed E-state index contributed by atoms with van der Waals surface area (Å²) >= 11 is 0. The largest absolute Gasteiger partial charge is 0.497 e. The molecule has 0 fully saturated rings. The van der Waals surface area contributed by atoms with Crippen LogP contribution in [0.2, 0.25) is 0 Å². The number of methoxy groups -OCH3 is 2. The molecule has 0 spiro atoms. The van der Waals surface area contributed by atoms with Crippen LogP contribution in [-0.4, -0.2) is 20.0 Å². The third-order valence-electron chi connectivity index (χ3n) is 3.70. The van der Waals surface area contributed by atoms with Crippen LogP contribution in [0.1, 0.15) is 21.7 Å². The maximum Gasteiger partial charge on any atom is 0.228 e. The fourth-order valence-corrected chi connectivity index (χ4v) is 2.42. The van der Waals surface area contributed by atoms with Crippen LogP contribution < -0.4 is 9.47 Å². The van der Waals surface area contributed by atoms with Crippen molar-refractivity contribution in [2.45, 2.75) is 6.92 Å². The Labute approximate surface area is 128 Å². The van der Waals surface area contributed by atoms with Gasteiger partial charge in [0.2, 0.25) is 5.78 Å². The van der Waals surface area contributed by atoms with Gasteiger partial charge in [-0.2, -0.15) is 0 Å². The Balaban J connectivity index is 2.04. The number of fused-ring (bicyclic) bond motifs is 1. The minimum Gasteiger partial charge on any atom is -0.497 e. The third kappa shape index (κ3) is 2.33. The Morgan fingerprint density at radius 3 is 2.23 bits per heavy atom. The quantitative estimate of drug-likeness (QED) is 0.683. The molecule has 3 rings (SSSR count). The molecule has 0 atom stereocenters. The SMILES string of the molecule is COc1ccc(C(=O)c2oc3cc(OC)ccc3c2C)cc1. The van der Waals surface area contributed by atoms with Crippen molar-refractivity contribution in [2.24, 2.45) is 0 Å². The topological polar surface area (TPSA) is 48.7 Å². The lowest BCUT2D eigenvalue weighted by Gasteiger charge is -2.01. The van der Waals surface area contributed by atoms with Gasteiger partial charge < -0.3 is 13.9 Å². The van der Waals surface area contributed by atoms with E-state index < -0.39 is 0 Å². The van der Waals surface area contributed by atoms with Crippen molar-refractivity contribution in [1.29, 1.82) is 0 Å². The van der Waals surface area contributed by atoms with E-state index in [1.54, 1.807) is 44.6 Å². The van der Waals surface area contributed by atoms with Gasteiger partial charge in [-0.3, -0.25) is 4.79 Å². The molecule has 1 heterocycles. The highest BCUT2D eigenvalue weighted by molar-refractivity contribution is 6.10. The standard InChI is InChI=1S/C18H16O4/c1-11-15-9-8-14(21-3)10-16(15)22-18(11)17(19)12-4-6-13(20-2)7-5-12/h4-10H,1-3H3. The molecule has 0 aliphatic carbocycles. The molecule has 0 aliphatic rings. The minimum atomic E-state index is -0.143. The zero-order valence-electron chi connectivity index (χ0n) is 12.7. The summed E-state index contributed by atoms with van der Waals surface area (Å²) in [7, 11) is 3.19. The molecule has 22 heavy (non-hydrogen) atoms. The molecule has 4 nitrogen and oxygen atoms in total. The highest BCUT2D eigenvalue weighted by atomic mass is 16.5. The van der Waals surface area contributed by atoms with Crippen molar-refractivity contribution in [2.75, 3.05) is 14.2 Å². The molecule has 112 valence electrons. The number of carbonyl (C=O) groups is 1. The van der Waals surface area contributed by atoms with Gasteiger partial charge in [0.05, 0.1) is 14.2 Å². The molecule has 0 saturated carbocycles. The number of ether oxygens (including phenoxy) is 2. The lowest BCUT2D eigenvalue weighted by molar-refractivity contribution is 0.101. The van der Waals surface area contributed by atoms with Crippen LogP contribution in [0.4, 0.5) is 0 Å². The van der Waals surface area contributed by atoms with E-state index in [0.29, 0.717) is 28.4 Å². The van der Waals surface area contributed by atoms with E-state index in [1.807, 2.05) is 19.1 Å². The maximum absolute atomic E-state index is 12.6. The van der Waals surface area contributed by atoms with Gasteiger partial charge in [-0.05, 0) is 43.3 Å². The van der Waals surface area contributed by atoms with Crippen molar-refractivity contribution in [1.82, 2.24) is 0 Å². The summed E-state index contributed by atoms with van der Waals surface area (Å²) in [6, 6.07) is 12.5. The minimum absolute atomic E-state index is 0.143. The van der Waals surface area contributed by atoms with Crippen molar-refractivity contribution in [3.05, 3.63) is 59.4 Å². The van der Waals surface area contributed by atoms with Crippen LogP contribution >= 0.6 is 0 Å². The van der Waals surface area contributed by atoms with Gasteiger partial charge in [-0.15, -0.1) is 0 Å². The van der Waals surface area contributed by atoms with Crippen LogP contribution in [-0.2, 0) is 0 Å². The molecule has 0 N–H and O–H groups in total. The van der Waals surface area contributed by atoms with Gasteiger partial charge in [0.15, 0.2) is 5.76 Å². The zero-order valence-corrected chi connectivity index (χ0v) is 12.7. The molecule has 0 amide bonds. The smallest absolute Gasteiger partial charge is 0.228 e. The van der Waals surface area contributed by atoms with Gasteiger partial charge in [0.25, 0.3) is 0 Å². The van der Waals surface area contributed by atoms with E-state index in [2.05, 4.69) is 0 Å². The lowest BCUT2D eigenvalue weighted by atomic mass is 10.0. The van der Waals surface area contributed by atoms with Crippen molar-refractivity contribution in [3.8, 4) is 11.5 Å². The number of ketones is 1. The Morgan fingerprint density at radius 2 is 1.59 bits per heavy atom. The summed E-state index contributed by atoms with van der Waals surface area (Å²) in [5, 5.41) is 0.915. The number of carbonyl (C=O) groups excluding carboxylic acids is 1. The molecular weight excluding hydrogens is 280 g/mol. The second kappa shape index (κ2) is 5.56. The van der Waals surface area contributed by atoms with Crippen molar-refractivity contribution < 1.29 is 18.7 Å². The fourth-order valence-electron chi connectivity index (χ4n) is 2.42. The van der Waals surface area contributed by atoms with Gasteiger partial charge in [0.1, 0.15) is 17.1 Å². The fraction of sp³-hybridized carbons (Fsp3) is 0.167. The van der Waals surface area contributed by atoms with Gasteiger partial charge in [-0.25, -0.2) is 0 Å². The Bertz CT molecular complexity index is 828. The number of hydrogen-bond acceptors (Lipinski definition) is 4. The summed E-state index contributed by atoms with van der Waals surface area (Å²) in [5.74, 6) is 1.62. The molecule has 0 aliphatic heterocycles. The van der Waals surface area contributed by atoms with Gasteiger partial charge >= 0.3 is 0 Å². The summed E-state index contributed by atoms with van der Waals surface area (Å²) in [5.41, 5.74) is 2.04. The summed E-state index contributed by atoms with van der Waals surface area (Å²) in [6.07, 6.45) is 0. The van der Waals surface area contributed by atoms with Gasteiger partial charge in [-0.1, -0.05) is 0 Å². The van der Waals surface area contributed by atoms with Crippen LogP contribution in [0.25, 0.3) is 11.0 Å². The average Bonchev–Trinajstić information content (AvgIpc) is 2.90. The number of rotatable bonds is 4. The van der Waals surface area contributed by atoms with Crippen LogP contribution in [0.5, 0.6) is 11.5 Å². The van der Waals surface area contributed by atoms with E-state index in [1.165, 1.54) is 0 Å². The molecule has 0 saturated heterocycles. The normalized spacial score (nSPS) is 10.7. The first kappa shape index (κ1) is 14.2. The Kier molecular flexibility index (Phi) is 3.59. The van der Waals surface area contributed by atoms with E-state index >= 15 is 0 Å². The first-order chi connectivity index (χ1) is 10.6. The number of furan rings is 1. The maximum atomic E-state index is 12.6. The predicted molar refractivity (Wildman–Crippen MR) is 83.9 cm³/mol. The number of hydrogen-bond donors (Lipinski definition) is 0. The monoisotopic (exact) mass is 296 g/mol. The molecule has 0 bridgehead atoms. The molecule has 1 aromatic heterocycles. The van der Waals surface area contributed by atoms with Crippen LogP contribution in [0.3, 0.4) is 0 Å². The summed E-state index contributed by atoms with van der Waals surface area (Å²) < 4.78 is 16.0. The Morgan fingerprint density at radius 1 is 0.955 bits per heavy atom. The summed E-state index contributed by atoms with van der Waals surface area (Å²) in [6.45, 7) is 1.88. The third-order valence-corrected chi connectivity index (χ3v) is 3.70. The highest BCUT2D eigenvalue weighted by Crippen LogP contribution is 2.30. The van der Waals surface area contributed by atoms with E-state index in [9.17, 15) is 4.79 Å². The van der Waals surface area contributed by atoms with Crippen LogP contribution in [0.15, 0.2) is 46.9 Å². The Hall–Kier alpha value is -2.75. The lowest BCUT2D eigenvalue weighted by Crippen LogP contribution is -2.01. The average molecular weight is 296 g/mol. The molecule has 3 aromatic rings. The second-order valence-corrected chi connectivity index (χ2v) is 4.98. The number of aryl methyl sites for hydroxylation is 1. The molecule has 2 aromatic carbocycles. The zero-order chi connectivity index (χ0) is 15.7. The van der Waals surface area contributed by atoms with E-state index in [0.717, 1.165) is 10.9 Å². The van der Waals surface area contributed by atoms with E-state index in [-0.39, 0.29) is 5.78 Å². The molecule has 0 unspecified atom stereocenters. The van der Waals surface area contributed by atoms with Crippen LogP contribution in [0, 0.1) is 6.92 Å². The molecule has 4 heteroatoms. The van der Waals surface area contributed by atoms with Crippen molar-refractivity contribution in [3.63, 3.8) is 0 Å². The number of benzene rings is 2. The van der Waals surface area contributed by atoms with Crippen molar-refractivity contribution >= 4 is 16.8 Å². The molecular formula is C18H16O4. The molecule has 0 radical (unpaired) electrons. The summed E-state index contributed by atoms with van der Waals surface area (Å²) in [4.78, 5) is 12.6. The first-order valence-corrected chi connectivity index (χ1v) is 6.90. The predicted octanol–water partition coefficient (Wildman–Crippen LogP) is 3.99. The first-order valence-electron chi connectivity index (χ1n) is 6.90. The van der Waals surface area contributed by atoms with Gasteiger partial charge in [0, 0.05) is 22.6 Å². The second-order valence-electron chi connectivity index (χ2n) is 4.98. The van der Waals surface area contributed by atoms with E-state index in [4.69, 9.17) is 13.9 Å².